The number of hydrogen-bond acceptors (Lipinski definition) is 3. The van der Waals surface area contributed by atoms with E-state index in [1.54, 1.807) is 13.2 Å². The molecule has 1 amide bonds. The number of hydrogen-bond donors (Lipinski definition) is 1. The SMILES string of the molecule is COc1ccc(C[NH+]2CCC(C(=O)N3CCN(c4ccccc4F)CC3)CC2)cc1. The molecule has 2 fully saturated rings. The fourth-order valence-electron chi connectivity index (χ4n) is 4.62. The van der Waals surface area contributed by atoms with Gasteiger partial charge < -0.3 is 19.4 Å². The van der Waals surface area contributed by atoms with Crippen molar-refractivity contribution in [3.63, 3.8) is 0 Å². The third-order valence-corrected chi connectivity index (χ3v) is 6.44. The molecule has 0 atom stereocenters. The van der Waals surface area contributed by atoms with Gasteiger partial charge in [-0.3, -0.25) is 4.79 Å². The quantitative estimate of drug-likeness (QED) is 0.816. The Labute approximate surface area is 178 Å². The highest BCUT2D eigenvalue weighted by atomic mass is 19.1. The van der Waals surface area contributed by atoms with Gasteiger partial charge in [0.1, 0.15) is 18.1 Å². The molecule has 0 aliphatic carbocycles. The van der Waals surface area contributed by atoms with Gasteiger partial charge in [-0.25, -0.2) is 4.39 Å². The molecule has 0 bridgehead atoms. The number of carbonyl (C=O) groups excluding carboxylic acids is 1. The van der Waals surface area contributed by atoms with Crippen LogP contribution in [-0.4, -0.2) is 57.2 Å². The van der Waals surface area contributed by atoms with Crippen LogP contribution in [0.25, 0.3) is 0 Å². The highest BCUT2D eigenvalue weighted by Gasteiger charge is 2.32. The summed E-state index contributed by atoms with van der Waals surface area (Å²) in [5.74, 6) is 1.11. The number of para-hydroxylation sites is 1. The van der Waals surface area contributed by atoms with E-state index in [1.807, 2.05) is 34.1 Å². The number of carbonyl (C=O) groups is 1. The highest BCUT2D eigenvalue weighted by molar-refractivity contribution is 5.79. The van der Waals surface area contributed by atoms with Crippen LogP contribution in [0, 0.1) is 11.7 Å². The van der Waals surface area contributed by atoms with E-state index in [1.165, 1.54) is 16.5 Å². The summed E-state index contributed by atoms with van der Waals surface area (Å²) in [5, 5.41) is 0. The van der Waals surface area contributed by atoms with Gasteiger partial charge in [-0.1, -0.05) is 12.1 Å². The van der Waals surface area contributed by atoms with Crippen molar-refractivity contribution in [3.05, 3.63) is 59.9 Å². The first-order valence-corrected chi connectivity index (χ1v) is 10.9. The van der Waals surface area contributed by atoms with Gasteiger partial charge in [0, 0.05) is 50.5 Å². The van der Waals surface area contributed by atoms with Gasteiger partial charge in [-0.2, -0.15) is 0 Å². The molecule has 2 saturated heterocycles. The summed E-state index contributed by atoms with van der Waals surface area (Å²) in [5.41, 5.74) is 1.94. The number of nitrogens with one attached hydrogen (secondary N) is 1. The van der Waals surface area contributed by atoms with Crippen molar-refractivity contribution in [2.24, 2.45) is 5.92 Å². The Balaban J connectivity index is 1.24. The molecule has 2 heterocycles. The number of nitrogens with zero attached hydrogens (tertiary/aromatic N) is 2. The Kier molecular flexibility index (Phi) is 6.53. The van der Waals surface area contributed by atoms with Crippen LogP contribution in [0.2, 0.25) is 0 Å². The Hall–Kier alpha value is -2.60. The van der Waals surface area contributed by atoms with Crippen LogP contribution in [0.5, 0.6) is 5.75 Å². The number of amides is 1. The summed E-state index contributed by atoms with van der Waals surface area (Å²) in [6.45, 7) is 5.77. The van der Waals surface area contributed by atoms with Crippen molar-refractivity contribution in [3.8, 4) is 5.75 Å². The number of rotatable bonds is 5. The van der Waals surface area contributed by atoms with Crippen LogP contribution in [-0.2, 0) is 11.3 Å². The Morgan fingerprint density at radius 2 is 1.70 bits per heavy atom. The van der Waals surface area contributed by atoms with Crippen LogP contribution in [0.1, 0.15) is 18.4 Å². The Morgan fingerprint density at radius 1 is 1.03 bits per heavy atom. The predicted molar refractivity (Wildman–Crippen MR) is 115 cm³/mol. The van der Waals surface area contributed by atoms with E-state index in [9.17, 15) is 9.18 Å². The smallest absolute Gasteiger partial charge is 0.226 e. The molecule has 2 aliphatic rings. The summed E-state index contributed by atoms with van der Waals surface area (Å²) in [6.07, 6.45) is 1.88. The second-order valence-corrected chi connectivity index (χ2v) is 8.31. The third kappa shape index (κ3) is 4.75. The number of anilines is 1. The second-order valence-electron chi connectivity index (χ2n) is 8.31. The molecule has 0 aromatic heterocycles. The molecule has 0 radical (unpaired) electrons. The largest absolute Gasteiger partial charge is 0.497 e. The second kappa shape index (κ2) is 9.47. The Bertz CT molecular complexity index is 842. The lowest BCUT2D eigenvalue weighted by Gasteiger charge is -2.38. The first-order valence-electron chi connectivity index (χ1n) is 10.9. The lowest BCUT2D eigenvalue weighted by Crippen LogP contribution is -3.11. The average molecular weight is 413 g/mol. The molecule has 2 aromatic carbocycles. The normalized spacial score (nSPS) is 22.1. The average Bonchev–Trinajstić information content (AvgIpc) is 2.80. The molecule has 0 unspecified atom stereocenters. The zero-order chi connectivity index (χ0) is 20.9. The molecule has 0 saturated carbocycles. The molecule has 6 heteroatoms. The summed E-state index contributed by atoms with van der Waals surface area (Å²) in [6, 6.07) is 15.1. The van der Waals surface area contributed by atoms with Crippen molar-refractivity contribution in [2.75, 3.05) is 51.3 Å². The van der Waals surface area contributed by atoms with Crippen LogP contribution in [0.4, 0.5) is 10.1 Å². The number of benzene rings is 2. The fraction of sp³-hybridized carbons (Fsp3) is 0.458. The zero-order valence-electron chi connectivity index (χ0n) is 17.6. The minimum Gasteiger partial charge on any atom is -0.497 e. The van der Waals surface area contributed by atoms with Crippen LogP contribution in [0.15, 0.2) is 48.5 Å². The number of likely N-dealkylation sites (tertiary alicyclic amines) is 1. The van der Waals surface area contributed by atoms with E-state index in [-0.39, 0.29) is 17.6 Å². The topological polar surface area (TPSA) is 37.2 Å². The van der Waals surface area contributed by atoms with Crippen molar-refractivity contribution >= 4 is 11.6 Å². The van der Waals surface area contributed by atoms with E-state index in [0.717, 1.165) is 38.2 Å². The van der Waals surface area contributed by atoms with Gasteiger partial charge in [-0.05, 0) is 36.4 Å². The molecule has 2 aromatic rings. The van der Waals surface area contributed by atoms with Crippen LogP contribution in [0.3, 0.4) is 0 Å². The minimum absolute atomic E-state index is 0.129. The van der Waals surface area contributed by atoms with E-state index in [2.05, 4.69) is 12.1 Å². The molecule has 30 heavy (non-hydrogen) atoms. The van der Waals surface area contributed by atoms with Crippen LogP contribution < -0.4 is 14.5 Å². The van der Waals surface area contributed by atoms with E-state index >= 15 is 0 Å². The molecule has 1 N–H and O–H groups in total. The van der Waals surface area contributed by atoms with Gasteiger partial charge in [0.25, 0.3) is 0 Å². The molecular formula is C24H31FN3O2+. The first-order chi connectivity index (χ1) is 14.6. The molecule has 160 valence electrons. The maximum Gasteiger partial charge on any atom is 0.226 e. The van der Waals surface area contributed by atoms with Crippen molar-refractivity contribution in [1.29, 1.82) is 0 Å². The van der Waals surface area contributed by atoms with E-state index in [4.69, 9.17) is 4.74 Å². The Morgan fingerprint density at radius 3 is 2.33 bits per heavy atom. The predicted octanol–water partition coefficient (Wildman–Crippen LogP) is 1.98. The summed E-state index contributed by atoms with van der Waals surface area (Å²) in [7, 11) is 1.68. The fourth-order valence-corrected chi connectivity index (χ4v) is 4.62. The standard InChI is InChI=1S/C24H30FN3O2/c1-30-21-8-6-19(7-9-21)18-26-12-10-20(11-13-26)24(29)28-16-14-27(15-17-28)23-5-3-2-4-22(23)25/h2-9,20H,10-18H2,1H3/p+1. The monoisotopic (exact) mass is 412 g/mol. The number of methoxy groups -OCH3 is 1. The third-order valence-electron chi connectivity index (χ3n) is 6.44. The lowest BCUT2D eigenvalue weighted by atomic mass is 9.94. The van der Waals surface area contributed by atoms with Gasteiger partial charge in [0.05, 0.1) is 25.9 Å². The molecule has 4 rings (SSSR count). The van der Waals surface area contributed by atoms with Gasteiger partial charge in [0.2, 0.25) is 5.91 Å². The zero-order valence-corrected chi connectivity index (χ0v) is 17.6. The maximum absolute atomic E-state index is 14.0. The number of quaternary nitrogens is 1. The lowest BCUT2D eigenvalue weighted by molar-refractivity contribution is -0.919. The minimum atomic E-state index is -0.190. The molecule has 2 aliphatic heterocycles. The molecule has 5 nitrogen and oxygen atoms in total. The first kappa shape index (κ1) is 20.7. The summed E-state index contributed by atoms with van der Waals surface area (Å²) >= 11 is 0. The summed E-state index contributed by atoms with van der Waals surface area (Å²) < 4.78 is 19.2. The molecular weight excluding hydrogens is 381 g/mol. The highest BCUT2D eigenvalue weighted by Crippen LogP contribution is 2.22. The number of piperidine rings is 1. The number of halogens is 1. The maximum atomic E-state index is 14.0. The van der Waals surface area contributed by atoms with E-state index in [0.29, 0.717) is 31.9 Å². The number of piperazine rings is 1. The van der Waals surface area contributed by atoms with Gasteiger partial charge in [-0.15, -0.1) is 0 Å². The van der Waals surface area contributed by atoms with Crippen molar-refractivity contribution in [2.45, 2.75) is 19.4 Å². The summed E-state index contributed by atoms with van der Waals surface area (Å²) in [4.78, 5) is 18.6. The van der Waals surface area contributed by atoms with Crippen LogP contribution >= 0.6 is 0 Å². The van der Waals surface area contributed by atoms with Gasteiger partial charge in [0.15, 0.2) is 0 Å². The van der Waals surface area contributed by atoms with Crippen molar-refractivity contribution in [1.82, 2.24) is 4.90 Å². The van der Waals surface area contributed by atoms with E-state index < -0.39 is 0 Å². The van der Waals surface area contributed by atoms with Gasteiger partial charge >= 0.3 is 0 Å². The van der Waals surface area contributed by atoms with Crippen molar-refractivity contribution < 1.29 is 18.8 Å². The molecule has 0 spiro atoms. The number of ether oxygens (including phenoxy) is 1.